The summed E-state index contributed by atoms with van der Waals surface area (Å²) in [6, 6.07) is 18.4. The second kappa shape index (κ2) is 12.8. The Bertz CT molecular complexity index is 1390. The molecule has 1 saturated heterocycles. The molecule has 1 N–H and O–H groups in total. The number of sulfonamides is 1. The lowest BCUT2D eigenvalue weighted by Gasteiger charge is -2.34. The third-order valence-corrected chi connectivity index (χ3v) is 8.96. The molecule has 1 atom stereocenters. The third-order valence-electron chi connectivity index (χ3n) is 7.67. The van der Waals surface area contributed by atoms with Gasteiger partial charge in [-0.25, -0.2) is 13.1 Å². The minimum atomic E-state index is -4.82. The summed E-state index contributed by atoms with van der Waals surface area (Å²) in [5.41, 5.74) is 7.57. The monoisotopic (exact) mass is 573 g/mol. The largest absolute Gasteiger partial charge is 0.404 e. The average molecular weight is 574 g/mol. The number of rotatable bonds is 10. The van der Waals surface area contributed by atoms with E-state index in [4.69, 9.17) is 4.98 Å². The van der Waals surface area contributed by atoms with E-state index in [0.717, 1.165) is 72.4 Å². The highest BCUT2D eigenvalue weighted by molar-refractivity contribution is 7.89. The Morgan fingerprint density at radius 3 is 2.30 bits per heavy atom. The highest BCUT2D eigenvalue weighted by Gasteiger charge is 2.35. The van der Waals surface area contributed by atoms with Crippen molar-refractivity contribution in [3.05, 3.63) is 88.1 Å². The number of pyridine rings is 1. The molecule has 0 saturated carbocycles. The van der Waals surface area contributed by atoms with Crippen LogP contribution in [0.15, 0.2) is 54.6 Å². The van der Waals surface area contributed by atoms with Gasteiger partial charge in [0.15, 0.2) is 5.75 Å². The maximum absolute atomic E-state index is 12.9. The first kappa shape index (κ1) is 30.2. The number of piperidine rings is 1. The van der Waals surface area contributed by atoms with Gasteiger partial charge in [-0.3, -0.25) is 9.88 Å². The van der Waals surface area contributed by atoms with Crippen LogP contribution in [-0.4, -0.2) is 43.3 Å². The molecule has 1 unspecified atom stereocenters. The number of hydrogen-bond acceptors (Lipinski definition) is 4. The van der Waals surface area contributed by atoms with Gasteiger partial charge < -0.3 is 0 Å². The smallest absolute Gasteiger partial charge is 0.298 e. The van der Waals surface area contributed by atoms with E-state index in [1.807, 2.05) is 37.3 Å². The molecule has 0 aliphatic carbocycles. The Labute approximate surface area is 235 Å². The minimum Gasteiger partial charge on any atom is -0.298 e. The van der Waals surface area contributed by atoms with Gasteiger partial charge >= 0.3 is 6.18 Å². The summed E-state index contributed by atoms with van der Waals surface area (Å²) >= 11 is 0. The Morgan fingerprint density at radius 2 is 1.68 bits per heavy atom. The van der Waals surface area contributed by atoms with Crippen LogP contribution in [0.25, 0.3) is 11.3 Å². The van der Waals surface area contributed by atoms with Crippen LogP contribution in [0.5, 0.6) is 0 Å². The fraction of sp³-hybridized carbons (Fsp3) is 0.452. The molecule has 5 nitrogen and oxygen atoms in total. The van der Waals surface area contributed by atoms with Gasteiger partial charge in [0, 0.05) is 30.9 Å². The minimum absolute atomic E-state index is 0.226. The van der Waals surface area contributed by atoms with Gasteiger partial charge in [-0.1, -0.05) is 62.4 Å². The van der Waals surface area contributed by atoms with Crippen molar-refractivity contribution in [2.24, 2.45) is 0 Å². The van der Waals surface area contributed by atoms with E-state index < -0.39 is 22.0 Å². The number of alkyl halides is 3. The Morgan fingerprint density at radius 1 is 1.00 bits per heavy atom. The van der Waals surface area contributed by atoms with Gasteiger partial charge in [0.05, 0.1) is 5.69 Å². The number of aromatic nitrogens is 1. The highest BCUT2D eigenvalue weighted by atomic mass is 32.2. The van der Waals surface area contributed by atoms with Crippen molar-refractivity contribution in [3.63, 3.8) is 0 Å². The SMILES string of the molecule is CCc1cccc(CC)c1-c1cc(CNS(=O)(=O)CC(F)(F)F)c(CN2CCCC(c3ccccc3)C2)c(C)n1. The van der Waals surface area contributed by atoms with Crippen molar-refractivity contribution < 1.29 is 21.6 Å². The van der Waals surface area contributed by atoms with Crippen molar-refractivity contribution in [2.45, 2.75) is 71.6 Å². The predicted octanol–water partition coefficient (Wildman–Crippen LogP) is 6.54. The Balaban J connectivity index is 1.70. The zero-order chi connectivity index (χ0) is 28.9. The molecule has 2 heterocycles. The van der Waals surface area contributed by atoms with E-state index in [0.29, 0.717) is 18.0 Å². The first-order valence-corrected chi connectivity index (χ1v) is 15.6. The first-order valence-electron chi connectivity index (χ1n) is 13.9. The van der Waals surface area contributed by atoms with Gasteiger partial charge in [0.25, 0.3) is 0 Å². The summed E-state index contributed by atoms with van der Waals surface area (Å²) in [7, 11) is -4.56. The number of nitrogens with zero attached hydrogens (tertiary/aromatic N) is 2. The molecule has 0 bridgehead atoms. The van der Waals surface area contributed by atoms with Crippen molar-refractivity contribution in [2.75, 3.05) is 18.8 Å². The van der Waals surface area contributed by atoms with E-state index in [1.165, 1.54) is 5.56 Å². The molecule has 0 radical (unpaired) electrons. The van der Waals surface area contributed by atoms with Crippen LogP contribution in [-0.2, 0) is 36.0 Å². The fourth-order valence-electron chi connectivity index (χ4n) is 5.71. The quantitative estimate of drug-likeness (QED) is 0.299. The van der Waals surface area contributed by atoms with Gasteiger partial charge in [0.2, 0.25) is 10.0 Å². The second-order valence-electron chi connectivity index (χ2n) is 10.6. The lowest BCUT2D eigenvalue weighted by Crippen LogP contribution is -2.35. The lowest BCUT2D eigenvalue weighted by molar-refractivity contribution is -0.106. The van der Waals surface area contributed by atoms with Crippen molar-refractivity contribution in [1.29, 1.82) is 0 Å². The fourth-order valence-corrected chi connectivity index (χ4v) is 6.62. The first-order chi connectivity index (χ1) is 19.0. The number of benzene rings is 2. The van der Waals surface area contributed by atoms with Gasteiger partial charge in [-0.15, -0.1) is 0 Å². The van der Waals surface area contributed by atoms with Crippen LogP contribution in [0.1, 0.15) is 66.1 Å². The number of halogens is 3. The predicted molar refractivity (Wildman–Crippen MR) is 154 cm³/mol. The van der Waals surface area contributed by atoms with Crippen LogP contribution in [0.3, 0.4) is 0 Å². The average Bonchev–Trinajstić information content (AvgIpc) is 2.92. The van der Waals surface area contributed by atoms with E-state index in [-0.39, 0.29) is 6.54 Å². The van der Waals surface area contributed by atoms with Crippen LogP contribution in [0.2, 0.25) is 0 Å². The molecule has 40 heavy (non-hydrogen) atoms. The molecule has 1 aromatic heterocycles. The molecule has 0 amide bonds. The van der Waals surface area contributed by atoms with Gasteiger partial charge in [-0.2, -0.15) is 13.2 Å². The molecule has 1 aliphatic rings. The Hall–Kier alpha value is -2.75. The number of aryl methyl sites for hydroxylation is 3. The molecule has 3 aromatic rings. The summed E-state index contributed by atoms with van der Waals surface area (Å²) in [5, 5.41) is 0. The lowest BCUT2D eigenvalue weighted by atomic mass is 9.90. The van der Waals surface area contributed by atoms with Crippen molar-refractivity contribution in [1.82, 2.24) is 14.6 Å². The topological polar surface area (TPSA) is 62.3 Å². The molecule has 4 rings (SSSR count). The molecular formula is C31H38F3N3O2S. The van der Waals surface area contributed by atoms with E-state index >= 15 is 0 Å². The molecule has 216 valence electrons. The number of likely N-dealkylation sites (tertiary alicyclic amines) is 1. The van der Waals surface area contributed by atoms with Crippen LogP contribution >= 0.6 is 0 Å². The summed E-state index contributed by atoms with van der Waals surface area (Å²) in [6.45, 7) is 8.12. The summed E-state index contributed by atoms with van der Waals surface area (Å²) in [4.78, 5) is 7.33. The normalized spacial score (nSPS) is 16.8. The summed E-state index contributed by atoms with van der Waals surface area (Å²) in [5.74, 6) is -1.52. The zero-order valence-electron chi connectivity index (χ0n) is 23.4. The van der Waals surface area contributed by atoms with Crippen LogP contribution in [0, 0.1) is 6.92 Å². The van der Waals surface area contributed by atoms with Gasteiger partial charge in [-0.05, 0) is 79.0 Å². The number of nitrogens with one attached hydrogen (secondary N) is 1. The maximum Gasteiger partial charge on any atom is 0.404 e. The van der Waals surface area contributed by atoms with Crippen molar-refractivity contribution >= 4 is 10.0 Å². The van der Waals surface area contributed by atoms with Crippen molar-refractivity contribution in [3.8, 4) is 11.3 Å². The molecule has 1 fully saturated rings. The van der Waals surface area contributed by atoms with Gasteiger partial charge in [0.1, 0.15) is 0 Å². The van der Waals surface area contributed by atoms with Crippen LogP contribution < -0.4 is 4.72 Å². The van der Waals surface area contributed by atoms with E-state index in [2.05, 4.69) is 47.7 Å². The number of hydrogen-bond donors (Lipinski definition) is 1. The molecule has 9 heteroatoms. The maximum atomic E-state index is 12.9. The third kappa shape index (κ3) is 7.71. The zero-order valence-corrected chi connectivity index (χ0v) is 24.2. The highest BCUT2D eigenvalue weighted by Crippen LogP contribution is 2.32. The second-order valence-corrected chi connectivity index (χ2v) is 12.4. The molecule has 1 aliphatic heterocycles. The van der Waals surface area contributed by atoms with E-state index in [1.54, 1.807) is 0 Å². The Kier molecular flexibility index (Phi) is 9.69. The summed E-state index contributed by atoms with van der Waals surface area (Å²) < 4.78 is 65.6. The molecule has 0 spiro atoms. The van der Waals surface area contributed by atoms with E-state index in [9.17, 15) is 21.6 Å². The standard InChI is InChI=1S/C31H38F3N3O2S/c1-4-23-13-9-14-24(5-2)30(23)29-17-27(18-35-40(38,39)21-31(32,33)34)28(22(3)36-29)20-37-16-10-15-26(19-37)25-11-7-6-8-12-25/h6-9,11-14,17,26,35H,4-5,10,15-16,18-21H2,1-3H3. The van der Waals surface area contributed by atoms with Crippen LogP contribution in [0.4, 0.5) is 13.2 Å². The molecule has 2 aromatic carbocycles. The molecular weight excluding hydrogens is 535 g/mol. The summed E-state index contributed by atoms with van der Waals surface area (Å²) in [6.07, 6.45) is -1.10.